The molecule has 0 saturated carbocycles. The van der Waals surface area contributed by atoms with Crippen LogP contribution in [0.1, 0.15) is 39.8 Å². The van der Waals surface area contributed by atoms with Gasteiger partial charge in [-0.2, -0.15) is 0 Å². The Morgan fingerprint density at radius 2 is 0.816 bits per heavy atom. The lowest BCUT2D eigenvalue weighted by Crippen LogP contribution is -2.09. The molecule has 230 valence electrons. The summed E-state index contributed by atoms with van der Waals surface area (Å²) in [5, 5.41) is -2.73. The molecule has 0 unspecified atom stereocenters. The molecule has 0 aliphatic rings. The lowest BCUT2D eigenvalue weighted by molar-refractivity contribution is 0.665. The zero-order valence-electron chi connectivity index (χ0n) is 53.3. The van der Waals surface area contributed by atoms with Gasteiger partial charge in [-0.1, -0.05) is 127 Å². The number of furan rings is 2. The highest BCUT2D eigenvalue weighted by Crippen LogP contribution is 2.46. The molecule has 3 heteroatoms. The van der Waals surface area contributed by atoms with Gasteiger partial charge in [0.2, 0.25) is 0 Å². The van der Waals surface area contributed by atoms with Crippen molar-refractivity contribution in [3.05, 3.63) is 175 Å². The minimum atomic E-state index is -1.24. The van der Waals surface area contributed by atoms with Gasteiger partial charge in [0.1, 0.15) is 22.3 Å². The van der Waals surface area contributed by atoms with Crippen LogP contribution >= 0.6 is 0 Å². The number of hydrogen-bond acceptors (Lipinski definition) is 3. The van der Waals surface area contributed by atoms with Gasteiger partial charge in [-0.3, -0.25) is 0 Å². The predicted octanol–water partition coefficient (Wildman–Crippen LogP) is 13.4. The molecule has 0 bridgehead atoms. The van der Waals surface area contributed by atoms with Crippen molar-refractivity contribution in [2.24, 2.45) is 0 Å². The standard InChI is InChI=1S/C46H29NO2/c1-3-11-30(12-4-1)32-19-23-34(24-20-32)47(35-25-21-33(22-26-35)31-13-5-2-6-14-31)36-27-28-42-40(29-36)44-45(48-42)38-16-8-7-15-37(38)43-39-17-9-10-18-41(39)49-46(43)44/h1-29H/i1D,2D,3D,4D,5D,6D,7D,8D,9D,10D,11D,12D,13D,14D,15D,16D,17D,18D,19D,20D,21D,22D,23D,24D,25D,26D,27D,28D,29D. The molecule has 3 nitrogen and oxygen atoms in total. The number of nitrogens with zero attached hydrogens (tertiary/aromatic N) is 1. The van der Waals surface area contributed by atoms with E-state index in [2.05, 4.69) is 0 Å². The molecular weight excluding hydrogens is 599 g/mol. The van der Waals surface area contributed by atoms with Crippen molar-refractivity contribution >= 4 is 71.7 Å². The van der Waals surface area contributed by atoms with Gasteiger partial charge >= 0.3 is 0 Å². The zero-order chi connectivity index (χ0) is 57.5. The van der Waals surface area contributed by atoms with Crippen molar-refractivity contribution in [1.29, 1.82) is 0 Å². The third-order valence-corrected chi connectivity index (χ3v) is 7.57. The second kappa shape index (κ2) is 11.0. The maximum atomic E-state index is 10.1. The van der Waals surface area contributed by atoms with Crippen molar-refractivity contribution < 1.29 is 48.6 Å². The van der Waals surface area contributed by atoms with E-state index in [1.165, 1.54) is 0 Å². The maximum absolute atomic E-state index is 10.1. The summed E-state index contributed by atoms with van der Waals surface area (Å²) < 4.78 is 270. The highest BCUT2D eigenvalue weighted by atomic mass is 16.3. The van der Waals surface area contributed by atoms with E-state index in [1.54, 1.807) is 0 Å². The molecule has 0 aliphatic carbocycles. The Kier molecular flexibility index (Phi) is 2.53. The largest absolute Gasteiger partial charge is 0.455 e. The molecule has 0 aliphatic heterocycles. The summed E-state index contributed by atoms with van der Waals surface area (Å²) in [5.41, 5.74) is -9.03. The molecule has 8 aromatic carbocycles. The highest BCUT2D eigenvalue weighted by molar-refractivity contribution is 6.33. The number of anilines is 3. The minimum Gasteiger partial charge on any atom is -0.455 e. The monoisotopic (exact) mass is 656 g/mol. The molecule has 0 radical (unpaired) electrons. The van der Waals surface area contributed by atoms with Gasteiger partial charge in [-0.05, 0) is 76.0 Å². The average molecular weight is 657 g/mol. The van der Waals surface area contributed by atoms with Crippen LogP contribution in [0.3, 0.4) is 0 Å². The van der Waals surface area contributed by atoms with E-state index in [9.17, 15) is 15.1 Å². The molecule has 10 rings (SSSR count). The van der Waals surface area contributed by atoms with E-state index in [1.807, 2.05) is 0 Å². The van der Waals surface area contributed by atoms with Crippen LogP contribution in [0.4, 0.5) is 17.1 Å². The number of rotatable bonds is 5. The van der Waals surface area contributed by atoms with Gasteiger partial charge in [0.05, 0.1) is 45.1 Å². The molecule has 0 fully saturated rings. The smallest absolute Gasteiger partial charge is 0.147 e. The summed E-state index contributed by atoms with van der Waals surface area (Å²) in [7, 11) is 0. The van der Waals surface area contributed by atoms with Crippen molar-refractivity contribution in [2.75, 3.05) is 4.90 Å². The molecule has 10 aromatic rings. The zero-order valence-corrected chi connectivity index (χ0v) is 24.3. The van der Waals surface area contributed by atoms with E-state index in [0.717, 1.165) is 0 Å². The summed E-state index contributed by atoms with van der Waals surface area (Å²) in [6.07, 6.45) is 0. The first-order valence-electron chi connectivity index (χ1n) is 28.7. The van der Waals surface area contributed by atoms with E-state index in [4.69, 9.17) is 33.5 Å². The molecule has 0 atom stereocenters. The second-order valence-electron chi connectivity index (χ2n) is 10.3. The fourth-order valence-corrected chi connectivity index (χ4v) is 5.48. The second-order valence-corrected chi connectivity index (χ2v) is 10.3. The Morgan fingerprint density at radius 1 is 0.347 bits per heavy atom. The molecule has 0 N–H and O–H groups in total. The van der Waals surface area contributed by atoms with Crippen LogP contribution < -0.4 is 4.90 Å². The fourth-order valence-electron chi connectivity index (χ4n) is 5.48. The van der Waals surface area contributed by atoms with E-state index < -0.39 is 264 Å². The first kappa shape index (κ1) is 11.3. The normalized spacial score (nSPS) is 20.0. The van der Waals surface area contributed by atoms with Crippen molar-refractivity contribution in [3.63, 3.8) is 0 Å². The number of para-hydroxylation sites is 1. The first-order valence-corrected chi connectivity index (χ1v) is 14.2. The minimum absolute atomic E-state index is 0.362. The molecule has 0 saturated heterocycles. The average Bonchev–Trinajstić information content (AvgIpc) is 4.23. The van der Waals surface area contributed by atoms with Crippen LogP contribution in [-0.2, 0) is 0 Å². The van der Waals surface area contributed by atoms with Gasteiger partial charge in [-0.25, -0.2) is 0 Å². The van der Waals surface area contributed by atoms with Crippen LogP contribution in [0.5, 0.6) is 0 Å². The molecule has 49 heavy (non-hydrogen) atoms. The first-order chi connectivity index (χ1) is 36.4. The van der Waals surface area contributed by atoms with Crippen molar-refractivity contribution in [2.45, 2.75) is 0 Å². The van der Waals surface area contributed by atoms with Gasteiger partial charge < -0.3 is 13.7 Å². The van der Waals surface area contributed by atoms with Crippen molar-refractivity contribution in [1.82, 2.24) is 0 Å². The summed E-state index contributed by atoms with van der Waals surface area (Å²) in [4.78, 5) is 0.380. The molecule has 0 amide bonds. The van der Waals surface area contributed by atoms with Gasteiger partial charge in [0, 0.05) is 38.6 Å². The Balaban J connectivity index is 1.45. The van der Waals surface area contributed by atoms with Gasteiger partial charge in [0.15, 0.2) is 0 Å². The van der Waals surface area contributed by atoms with Crippen molar-refractivity contribution in [3.8, 4) is 22.3 Å². The van der Waals surface area contributed by atoms with Crippen LogP contribution in [0.2, 0.25) is 0 Å². The van der Waals surface area contributed by atoms with Crippen LogP contribution in [0, 0.1) is 0 Å². The molecule has 0 spiro atoms. The Labute approximate surface area is 323 Å². The number of fused-ring (bicyclic) bond motifs is 10. The lowest BCUT2D eigenvalue weighted by atomic mass is 9.99. The number of benzene rings is 8. The topological polar surface area (TPSA) is 29.5 Å². The van der Waals surface area contributed by atoms with Gasteiger partial charge in [-0.15, -0.1) is 0 Å². The Hall–Kier alpha value is -6.58. The third-order valence-electron chi connectivity index (χ3n) is 7.57. The Bertz CT molecular complexity index is 4250. The highest BCUT2D eigenvalue weighted by Gasteiger charge is 2.22. The number of hydrogen-bond donors (Lipinski definition) is 0. The maximum Gasteiger partial charge on any atom is 0.147 e. The van der Waals surface area contributed by atoms with Crippen LogP contribution in [0.15, 0.2) is 184 Å². The summed E-state index contributed by atoms with van der Waals surface area (Å²) >= 11 is 0. The van der Waals surface area contributed by atoms with Crippen LogP contribution in [-0.4, -0.2) is 0 Å². The quantitative estimate of drug-likeness (QED) is 0.185. The Morgan fingerprint density at radius 3 is 1.45 bits per heavy atom. The fraction of sp³-hybridized carbons (Fsp3) is 0. The lowest BCUT2D eigenvalue weighted by Gasteiger charge is -2.26. The van der Waals surface area contributed by atoms with Crippen LogP contribution in [0.25, 0.3) is 76.9 Å². The van der Waals surface area contributed by atoms with E-state index >= 15 is 0 Å². The third kappa shape index (κ3) is 4.44. The molecular formula is C46H29NO2. The van der Waals surface area contributed by atoms with E-state index in [0.29, 0.717) is 4.90 Å². The molecule has 2 heterocycles. The predicted molar refractivity (Wildman–Crippen MR) is 204 cm³/mol. The summed E-state index contributed by atoms with van der Waals surface area (Å²) in [5.74, 6) is 0. The summed E-state index contributed by atoms with van der Waals surface area (Å²) in [6.45, 7) is 0. The van der Waals surface area contributed by atoms with Gasteiger partial charge in [0.25, 0.3) is 0 Å². The SMILES string of the molecule is [2H]c1c([2H])c([2H])c(-c2c([2H])c([2H])c(N(c3c([2H])c([2H])c(-c4c([2H])c([2H])c([2H])c([2H])c4[2H])c([2H])c3[2H])c3c([2H])c([2H])c4oc5c6c([2H])c([2H])c([2H])c([2H])c6c6c(oc7c([2H])c([2H])c([2H])c([2H])c76)c5c4c3[2H])c([2H])c2[2H])c([2H])c1[2H]. The van der Waals surface area contributed by atoms with E-state index in [-0.39, 0.29) is 5.39 Å². The summed E-state index contributed by atoms with van der Waals surface area (Å²) in [6, 6.07) is -28.4. The molecule has 2 aromatic heterocycles.